The van der Waals surface area contributed by atoms with E-state index in [9.17, 15) is 29.4 Å². The molecule has 3 amide bonds. The van der Waals surface area contributed by atoms with Crippen LogP contribution in [0.2, 0.25) is 0 Å². The first-order valence-electron chi connectivity index (χ1n) is 12.5. The minimum absolute atomic E-state index is 0.00303. The number of aliphatic hydroxyl groups is 1. The van der Waals surface area contributed by atoms with Crippen molar-refractivity contribution in [3.05, 3.63) is 0 Å². The largest absolute Gasteiger partial charge is 0.480 e. The lowest BCUT2D eigenvalue weighted by molar-refractivity contribution is -0.142. The number of amides is 3. The molecule has 0 bridgehead atoms. The van der Waals surface area contributed by atoms with Gasteiger partial charge in [0.2, 0.25) is 17.7 Å². The minimum atomic E-state index is -1.45. The second kappa shape index (κ2) is 19.6. The van der Waals surface area contributed by atoms with Crippen molar-refractivity contribution in [1.29, 1.82) is 16.2 Å². The lowest BCUT2D eigenvalue weighted by Gasteiger charge is -2.24. The Morgan fingerprint density at radius 3 is 1.43 bits per heavy atom. The van der Waals surface area contributed by atoms with Crippen LogP contribution in [0.1, 0.15) is 38.5 Å². The fourth-order valence-corrected chi connectivity index (χ4v) is 3.28. The van der Waals surface area contributed by atoms with Gasteiger partial charge in [0.05, 0.1) is 12.6 Å². The van der Waals surface area contributed by atoms with E-state index in [-0.39, 0.29) is 63.1 Å². The summed E-state index contributed by atoms with van der Waals surface area (Å²) in [6, 6.07) is -5.04. The molecule has 0 heterocycles. The average Bonchev–Trinajstić information content (AvgIpc) is 2.87. The summed E-state index contributed by atoms with van der Waals surface area (Å²) in [6.07, 6.45) is 1.11. The molecule has 40 heavy (non-hydrogen) atoms. The first kappa shape index (κ1) is 35.6. The van der Waals surface area contributed by atoms with Crippen LogP contribution in [0.5, 0.6) is 0 Å². The lowest BCUT2D eigenvalue weighted by atomic mass is 10.1. The van der Waals surface area contributed by atoms with E-state index in [1.807, 2.05) is 0 Å². The van der Waals surface area contributed by atoms with Crippen LogP contribution >= 0.6 is 0 Å². The van der Waals surface area contributed by atoms with Crippen molar-refractivity contribution in [3.63, 3.8) is 0 Å². The number of guanidine groups is 3. The molecule has 0 aliphatic rings. The molecule has 0 unspecified atom stereocenters. The van der Waals surface area contributed by atoms with Gasteiger partial charge in [-0.05, 0) is 38.5 Å². The van der Waals surface area contributed by atoms with Crippen LogP contribution in [0.4, 0.5) is 0 Å². The van der Waals surface area contributed by atoms with Gasteiger partial charge in [-0.25, -0.2) is 4.79 Å². The summed E-state index contributed by atoms with van der Waals surface area (Å²) >= 11 is 0. The number of nitrogens with one attached hydrogen (secondary N) is 9. The fraction of sp³-hybridized carbons (Fsp3) is 0.667. The molecule has 0 saturated heterocycles. The van der Waals surface area contributed by atoms with Gasteiger partial charge >= 0.3 is 5.97 Å². The van der Waals surface area contributed by atoms with E-state index in [1.54, 1.807) is 0 Å². The number of hydrogen-bond acceptors (Lipinski definition) is 9. The smallest absolute Gasteiger partial charge is 0.326 e. The summed E-state index contributed by atoms with van der Waals surface area (Å²) in [4.78, 5) is 49.9. The van der Waals surface area contributed by atoms with Crippen LogP contribution in [0.3, 0.4) is 0 Å². The zero-order valence-electron chi connectivity index (χ0n) is 22.2. The van der Waals surface area contributed by atoms with E-state index < -0.39 is 54.5 Å². The first-order valence-corrected chi connectivity index (χ1v) is 12.5. The Morgan fingerprint density at radius 1 is 0.625 bits per heavy atom. The molecule has 0 radical (unpaired) electrons. The third-order valence-corrected chi connectivity index (χ3v) is 5.38. The molecular weight excluding hydrogens is 530 g/mol. The van der Waals surface area contributed by atoms with Crippen molar-refractivity contribution in [2.45, 2.75) is 62.7 Å². The number of carboxylic acids is 1. The third kappa shape index (κ3) is 16.5. The molecule has 0 fully saturated rings. The predicted octanol–water partition coefficient (Wildman–Crippen LogP) is -5.37. The highest BCUT2D eigenvalue weighted by Crippen LogP contribution is 2.04. The summed E-state index contributed by atoms with van der Waals surface area (Å²) in [5.41, 5.74) is 21.4. The van der Waals surface area contributed by atoms with Crippen molar-refractivity contribution in [2.75, 3.05) is 26.2 Å². The van der Waals surface area contributed by atoms with E-state index in [1.165, 1.54) is 0 Å². The molecule has 0 aromatic rings. The van der Waals surface area contributed by atoms with Crippen LogP contribution in [-0.4, -0.2) is 102 Å². The molecule has 0 saturated carbocycles. The fourth-order valence-electron chi connectivity index (χ4n) is 3.28. The summed E-state index contributed by atoms with van der Waals surface area (Å²) in [5.74, 6) is -4.58. The number of carboxylic acid groups (broad SMARTS) is 1. The Bertz CT molecular complexity index is 887. The number of carbonyl (C=O) groups excluding carboxylic acids is 3. The highest BCUT2D eigenvalue weighted by atomic mass is 16.4. The van der Waals surface area contributed by atoms with Gasteiger partial charge in [-0.1, -0.05) is 0 Å². The van der Waals surface area contributed by atoms with Gasteiger partial charge in [0.15, 0.2) is 17.9 Å². The molecule has 228 valence electrons. The Labute approximate surface area is 231 Å². The average molecular weight is 574 g/mol. The quantitative estimate of drug-likeness (QED) is 0.0367. The number of carbonyl (C=O) groups is 4. The van der Waals surface area contributed by atoms with Crippen molar-refractivity contribution < 1.29 is 29.4 Å². The molecular formula is C21H43N13O6. The highest BCUT2D eigenvalue weighted by Gasteiger charge is 2.29. The molecule has 0 aromatic heterocycles. The van der Waals surface area contributed by atoms with Crippen molar-refractivity contribution in [2.24, 2.45) is 22.9 Å². The normalized spacial score (nSPS) is 13.4. The Morgan fingerprint density at radius 2 is 1.00 bits per heavy atom. The minimum Gasteiger partial charge on any atom is -0.480 e. The van der Waals surface area contributed by atoms with Crippen LogP contribution in [0, 0.1) is 16.2 Å². The molecule has 19 nitrogen and oxygen atoms in total. The lowest BCUT2D eigenvalue weighted by Crippen LogP contribution is -2.58. The topological polar surface area (TPSA) is 357 Å². The Kier molecular flexibility index (Phi) is 17.5. The van der Waals surface area contributed by atoms with Crippen molar-refractivity contribution in [3.8, 4) is 0 Å². The monoisotopic (exact) mass is 573 g/mol. The number of aliphatic carboxylic acids is 1. The van der Waals surface area contributed by atoms with Gasteiger partial charge in [0.25, 0.3) is 0 Å². The Hall–Kier alpha value is -4.39. The maximum absolute atomic E-state index is 13.0. The van der Waals surface area contributed by atoms with E-state index >= 15 is 0 Å². The summed E-state index contributed by atoms with van der Waals surface area (Å²) in [6.45, 7) is -0.113. The maximum atomic E-state index is 13.0. The van der Waals surface area contributed by atoms with E-state index in [0.29, 0.717) is 13.0 Å². The molecule has 19 N–H and O–H groups in total. The van der Waals surface area contributed by atoms with Crippen LogP contribution in [0.15, 0.2) is 0 Å². The van der Waals surface area contributed by atoms with Gasteiger partial charge in [0, 0.05) is 19.6 Å². The number of aliphatic hydroxyl groups excluding tert-OH is 1. The predicted molar refractivity (Wildman–Crippen MR) is 146 cm³/mol. The second-order valence-corrected chi connectivity index (χ2v) is 8.76. The van der Waals surface area contributed by atoms with Gasteiger partial charge in [-0.15, -0.1) is 0 Å². The molecule has 0 aliphatic heterocycles. The van der Waals surface area contributed by atoms with Crippen molar-refractivity contribution >= 4 is 41.6 Å². The molecule has 0 spiro atoms. The van der Waals surface area contributed by atoms with Crippen molar-refractivity contribution in [1.82, 2.24) is 31.9 Å². The summed E-state index contributed by atoms with van der Waals surface area (Å²) in [5, 5.41) is 55.3. The van der Waals surface area contributed by atoms with Gasteiger partial charge in [0.1, 0.15) is 18.1 Å². The zero-order valence-corrected chi connectivity index (χ0v) is 22.2. The molecule has 0 aliphatic carbocycles. The standard InChI is InChI=1S/C21H43N13O6/c22-11(4-1-7-29-19(23)24)15(36)34-14(10-35)17(38)32-12(5-2-8-30-20(25)26)16(37)33-13(18(39)40)6-3-9-31-21(27)28/h11-14,35H,1-10,22H2,(H,32,38)(H,33,37)(H,34,36)(H,39,40)(H4,23,24,29)(H4,25,26,30)(H4,27,28,31)/t11-,12-,13-,14-/m0/s1. The first-order chi connectivity index (χ1) is 18.8. The van der Waals surface area contributed by atoms with E-state index in [4.69, 9.17) is 39.2 Å². The summed E-state index contributed by atoms with van der Waals surface area (Å²) in [7, 11) is 0. The number of hydrogen-bond donors (Lipinski definition) is 15. The van der Waals surface area contributed by atoms with Gasteiger partial charge in [-0.3, -0.25) is 30.6 Å². The van der Waals surface area contributed by atoms with Gasteiger partial charge < -0.3 is 65.0 Å². The number of rotatable bonds is 20. The second-order valence-electron chi connectivity index (χ2n) is 8.76. The third-order valence-electron chi connectivity index (χ3n) is 5.38. The maximum Gasteiger partial charge on any atom is 0.326 e. The van der Waals surface area contributed by atoms with Crippen LogP contribution in [0.25, 0.3) is 0 Å². The number of nitrogens with two attached hydrogens (primary N) is 4. The van der Waals surface area contributed by atoms with Crippen LogP contribution < -0.4 is 54.8 Å². The van der Waals surface area contributed by atoms with Gasteiger partial charge in [-0.2, -0.15) is 0 Å². The SMILES string of the molecule is N=C(N)NCCC[C@H](NC(=O)[C@H](CCCNC(=N)N)NC(=O)[C@H](CO)NC(=O)[C@@H](N)CCCNC(=N)N)C(=O)O. The van der Waals surface area contributed by atoms with Crippen LogP contribution in [-0.2, 0) is 19.2 Å². The molecule has 0 aromatic carbocycles. The highest BCUT2D eigenvalue weighted by molar-refractivity contribution is 5.94. The van der Waals surface area contributed by atoms with E-state index in [2.05, 4.69) is 31.9 Å². The summed E-state index contributed by atoms with van der Waals surface area (Å²) < 4.78 is 0. The van der Waals surface area contributed by atoms with E-state index in [0.717, 1.165) is 0 Å². The molecule has 19 heteroatoms. The Balaban J connectivity index is 5.28. The molecule has 4 atom stereocenters. The zero-order chi connectivity index (χ0) is 30.7. The molecule has 0 rings (SSSR count).